The van der Waals surface area contributed by atoms with E-state index in [4.69, 9.17) is 4.74 Å². The highest BCUT2D eigenvalue weighted by Gasteiger charge is 2.34. The van der Waals surface area contributed by atoms with E-state index in [2.05, 4.69) is 100 Å². The van der Waals surface area contributed by atoms with Crippen LogP contribution in [0.2, 0.25) is 0 Å². The second-order valence-corrected chi connectivity index (χ2v) is 12.8. The average Bonchev–Trinajstić information content (AvgIpc) is 2.90. The molecule has 0 aliphatic carbocycles. The van der Waals surface area contributed by atoms with Gasteiger partial charge in [-0.3, -0.25) is 4.90 Å². The second-order valence-electron chi connectivity index (χ2n) is 11.0. The van der Waals surface area contributed by atoms with E-state index < -0.39 is 0 Å². The minimum absolute atomic E-state index is 0.0729. The highest BCUT2D eigenvalue weighted by Crippen LogP contribution is 2.52. The van der Waals surface area contributed by atoms with Gasteiger partial charge in [-0.2, -0.15) is 0 Å². The van der Waals surface area contributed by atoms with Gasteiger partial charge in [-0.1, -0.05) is 107 Å². The maximum Gasteiger partial charge on any atom is 0.126 e. The Hall–Kier alpha value is -2.15. The van der Waals surface area contributed by atoms with Crippen molar-refractivity contribution in [1.29, 1.82) is 0 Å². The molecule has 4 rings (SSSR count). The molecule has 1 heterocycles. The molecule has 198 valence electrons. The van der Waals surface area contributed by atoms with E-state index in [1.54, 1.807) is 5.30 Å². The Kier molecular flexibility index (Phi) is 9.85. The summed E-state index contributed by atoms with van der Waals surface area (Å²) in [6.45, 7) is 15.6. The fraction of sp³-hybridized carbons (Fsp3) is 0.471. The van der Waals surface area contributed by atoms with E-state index >= 15 is 0 Å². The van der Waals surface area contributed by atoms with Crippen molar-refractivity contribution in [3.8, 4) is 5.75 Å². The van der Waals surface area contributed by atoms with Crippen molar-refractivity contribution < 1.29 is 4.74 Å². The molecule has 0 amide bonds. The monoisotopic (exact) mass is 515 g/mol. The molecule has 0 bridgehead atoms. The normalized spacial score (nSPS) is 16.2. The topological polar surface area (TPSA) is 12.5 Å². The molecule has 37 heavy (non-hydrogen) atoms. The summed E-state index contributed by atoms with van der Waals surface area (Å²) in [5, 5.41) is 1.61. The van der Waals surface area contributed by atoms with Gasteiger partial charge in [0.15, 0.2) is 0 Å². The maximum atomic E-state index is 6.67. The van der Waals surface area contributed by atoms with Gasteiger partial charge in [0, 0.05) is 17.3 Å². The Morgan fingerprint density at radius 3 is 2.32 bits per heavy atom. The van der Waals surface area contributed by atoms with E-state index in [1.807, 2.05) is 0 Å². The summed E-state index contributed by atoms with van der Waals surface area (Å²) in [4.78, 5) is 2.67. The first-order valence-electron chi connectivity index (χ1n) is 14.3. The van der Waals surface area contributed by atoms with Gasteiger partial charge < -0.3 is 4.74 Å². The molecular weight excluding hydrogens is 469 g/mol. The number of hydrogen-bond donors (Lipinski definition) is 0. The van der Waals surface area contributed by atoms with Gasteiger partial charge in [0.05, 0.1) is 0 Å². The van der Waals surface area contributed by atoms with Gasteiger partial charge in [0.1, 0.15) is 12.4 Å². The molecule has 0 spiro atoms. The van der Waals surface area contributed by atoms with Gasteiger partial charge in [0.25, 0.3) is 0 Å². The van der Waals surface area contributed by atoms with Gasteiger partial charge in [0.2, 0.25) is 0 Å². The van der Waals surface area contributed by atoms with Crippen molar-refractivity contribution in [1.82, 2.24) is 4.90 Å². The van der Waals surface area contributed by atoms with Crippen LogP contribution in [0.1, 0.15) is 85.8 Å². The molecule has 0 N–H and O–H groups in total. The van der Waals surface area contributed by atoms with E-state index in [1.165, 1.54) is 78.6 Å². The highest BCUT2D eigenvalue weighted by molar-refractivity contribution is 7.48. The van der Waals surface area contributed by atoms with Crippen molar-refractivity contribution in [3.05, 3.63) is 94.0 Å². The van der Waals surface area contributed by atoms with Crippen molar-refractivity contribution >= 4 is 13.9 Å². The summed E-state index contributed by atoms with van der Waals surface area (Å²) >= 11 is 0. The van der Waals surface area contributed by atoms with Gasteiger partial charge in [-0.05, 0) is 81.5 Å². The quantitative estimate of drug-likeness (QED) is 0.237. The zero-order chi connectivity index (χ0) is 26.3. The second kappa shape index (κ2) is 13.1. The third-order valence-corrected chi connectivity index (χ3v) is 10.0. The molecule has 1 aliphatic heterocycles. The lowest BCUT2D eigenvalue weighted by Crippen LogP contribution is -2.31. The standard InChI is InChI=1S/C34H46NOP/c1-6-18-34(7-2,37-32-17-16-26(3)22-30(32)24-35-19-12-9-13-20-35)31-23-27(4)21-28(5)33(31)36-25-29-14-10-8-11-15-29/h8,10-11,14-17,21-23,37H,6-7,9,12-13,18-20,24-25H2,1-5H3. The smallest absolute Gasteiger partial charge is 0.126 e. The third kappa shape index (κ3) is 7.04. The lowest BCUT2D eigenvalue weighted by Gasteiger charge is -2.37. The Labute approximate surface area is 227 Å². The lowest BCUT2D eigenvalue weighted by molar-refractivity contribution is 0.221. The van der Waals surface area contributed by atoms with E-state index in [9.17, 15) is 0 Å². The predicted octanol–water partition coefficient (Wildman–Crippen LogP) is 8.59. The number of ether oxygens (including phenoxy) is 1. The Bertz CT molecular complexity index is 1150. The highest BCUT2D eigenvalue weighted by atomic mass is 31.1. The molecule has 0 radical (unpaired) electrons. The molecule has 0 aromatic heterocycles. The molecule has 2 unspecified atom stereocenters. The Morgan fingerprint density at radius 2 is 1.62 bits per heavy atom. The molecule has 3 heteroatoms. The van der Waals surface area contributed by atoms with E-state index in [-0.39, 0.29) is 5.16 Å². The molecule has 3 aromatic carbocycles. The van der Waals surface area contributed by atoms with Gasteiger partial charge in [-0.15, -0.1) is 0 Å². The van der Waals surface area contributed by atoms with Crippen LogP contribution in [0, 0.1) is 20.8 Å². The summed E-state index contributed by atoms with van der Waals surface area (Å²) in [7, 11) is 0.720. The van der Waals surface area contributed by atoms with E-state index in [0.717, 1.165) is 27.3 Å². The number of hydrogen-bond acceptors (Lipinski definition) is 2. The van der Waals surface area contributed by atoms with Crippen molar-refractivity contribution in [2.45, 2.75) is 91.5 Å². The number of rotatable bonds is 11. The van der Waals surface area contributed by atoms with Crippen LogP contribution in [-0.4, -0.2) is 18.0 Å². The molecule has 1 saturated heterocycles. The molecule has 1 aliphatic rings. The van der Waals surface area contributed by atoms with Crippen molar-refractivity contribution in [3.63, 3.8) is 0 Å². The van der Waals surface area contributed by atoms with Crippen LogP contribution < -0.4 is 10.0 Å². The van der Waals surface area contributed by atoms with E-state index in [0.29, 0.717) is 6.61 Å². The number of likely N-dealkylation sites (tertiary alicyclic amines) is 1. The molecule has 2 nitrogen and oxygen atoms in total. The molecule has 2 atom stereocenters. The molecule has 0 saturated carbocycles. The Morgan fingerprint density at radius 1 is 0.865 bits per heavy atom. The average molecular weight is 516 g/mol. The third-order valence-electron chi connectivity index (χ3n) is 7.92. The predicted molar refractivity (Wildman–Crippen MR) is 162 cm³/mol. The molecular formula is C34H46NOP. The summed E-state index contributed by atoms with van der Waals surface area (Å²) in [6.07, 6.45) is 7.50. The number of benzene rings is 3. The van der Waals surface area contributed by atoms with Crippen molar-refractivity contribution in [2.75, 3.05) is 13.1 Å². The minimum atomic E-state index is 0.0729. The number of nitrogens with zero attached hydrogens (tertiary/aromatic N) is 1. The molecule has 1 fully saturated rings. The van der Waals surface area contributed by atoms with Crippen LogP contribution in [0.5, 0.6) is 5.75 Å². The van der Waals surface area contributed by atoms with Crippen LogP contribution in [0.3, 0.4) is 0 Å². The van der Waals surface area contributed by atoms with Gasteiger partial charge in [-0.25, -0.2) is 0 Å². The van der Waals surface area contributed by atoms with Crippen LogP contribution in [0.25, 0.3) is 0 Å². The number of aryl methyl sites for hydroxylation is 3. The maximum absolute atomic E-state index is 6.67. The largest absolute Gasteiger partial charge is 0.488 e. The van der Waals surface area contributed by atoms with Crippen molar-refractivity contribution in [2.24, 2.45) is 0 Å². The summed E-state index contributed by atoms with van der Waals surface area (Å²) in [6, 6.07) is 22.5. The van der Waals surface area contributed by atoms with Crippen LogP contribution in [0.15, 0.2) is 60.7 Å². The first-order chi connectivity index (χ1) is 17.9. The lowest BCUT2D eigenvalue weighted by atomic mass is 9.87. The Balaban J connectivity index is 1.72. The first-order valence-corrected chi connectivity index (χ1v) is 15.3. The van der Waals surface area contributed by atoms with Crippen LogP contribution >= 0.6 is 8.58 Å². The molecule has 3 aromatic rings. The fourth-order valence-corrected chi connectivity index (χ4v) is 7.84. The summed E-state index contributed by atoms with van der Waals surface area (Å²) < 4.78 is 6.67. The number of piperidine rings is 1. The van der Waals surface area contributed by atoms with Crippen LogP contribution in [0.4, 0.5) is 0 Å². The zero-order valence-corrected chi connectivity index (χ0v) is 24.7. The van der Waals surface area contributed by atoms with Gasteiger partial charge >= 0.3 is 0 Å². The SMILES string of the molecule is CCCC(CC)(Pc1ccc(C)cc1CN1CCCCC1)c1cc(C)cc(C)c1OCc1ccccc1. The van der Waals surface area contributed by atoms with Crippen LogP contribution in [-0.2, 0) is 18.3 Å². The zero-order valence-electron chi connectivity index (χ0n) is 23.7. The fourth-order valence-electron chi connectivity index (χ4n) is 5.97. The summed E-state index contributed by atoms with van der Waals surface area (Å²) in [5.74, 6) is 1.10. The minimum Gasteiger partial charge on any atom is -0.488 e. The summed E-state index contributed by atoms with van der Waals surface area (Å²) in [5.41, 5.74) is 8.11. The first kappa shape index (κ1) is 27.9.